The van der Waals surface area contributed by atoms with Gasteiger partial charge in [0, 0.05) is 26.9 Å². The van der Waals surface area contributed by atoms with Crippen molar-refractivity contribution in [2.75, 3.05) is 0 Å². The molecular weight excluding hydrogens is 486 g/mol. The van der Waals surface area contributed by atoms with Crippen molar-refractivity contribution in [2.45, 2.75) is 0 Å². The Labute approximate surface area is 230 Å². The number of hydrogen-bond donors (Lipinski definition) is 0. The highest BCUT2D eigenvalue weighted by atomic mass is 16.3. The van der Waals surface area contributed by atoms with Gasteiger partial charge < -0.3 is 8.98 Å². The van der Waals surface area contributed by atoms with Gasteiger partial charge in [0.1, 0.15) is 11.2 Å². The van der Waals surface area contributed by atoms with Crippen LogP contribution in [0.3, 0.4) is 0 Å². The van der Waals surface area contributed by atoms with Crippen LogP contribution in [0.4, 0.5) is 0 Å². The molecule has 0 aliphatic rings. The van der Waals surface area contributed by atoms with Gasteiger partial charge in [-0.25, -0.2) is 0 Å². The van der Waals surface area contributed by atoms with Crippen molar-refractivity contribution in [3.8, 4) is 16.8 Å². The predicted octanol–water partition coefficient (Wildman–Crippen LogP) is 10.7. The van der Waals surface area contributed by atoms with E-state index in [-0.39, 0.29) is 0 Å². The minimum absolute atomic E-state index is 0.894. The van der Waals surface area contributed by atoms with E-state index in [9.17, 15) is 0 Å². The lowest BCUT2D eigenvalue weighted by Crippen LogP contribution is -1.95. The molecule has 0 atom stereocenters. The lowest BCUT2D eigenvalue weighted by molar-refractivity contribution is 0.664. The van der Waals surface area contributed by atoms with Crippen LogP contribution in [0.5, 0.6) is 0 Å². The summed E-state index contributed by atoms with van der Waals surface area (Å²) in [6.07, 6.45) is 0. The normalized spacial score (nSPS) is 12.0. The first-order valence-electron chi connectivity index (χ1n) is 13.7. The fourth-order valence-corrected chi connectivity index (χ4v) is 6.64. The largest absolute Gasteiger partial charge is 0.456 e. The van der Waals surface area contributed by atoms with E-state index < -0.39 is 0 Å². The van der Waals surface area contributed by atoms with Crippen LogP contribution >= 0.6 is 0 Å². The molecule has 0 bridgehead atoms. The molecule has 0 aliphatic carbocycles. The minimum Gasteiger partial charge on any atom is -0.456 e. The Bertz CT molecular complexity index is 2420. The van der Waals surface area contributed by atoms with Gasteiger partial charge in [-0.05, 0) is 63.7 Å². The Morgan fingerprint density at radius 1 is 0.400 bits per heavy atom. The van der Waals surface area contributed by atoms with Crippen LogP contribution < -0.4 is 0 Å². The van der Waals surface area contributed by atoms with Gasteiger partial charge in [0.05, 0.1) is 16.7 Å². The molecule has 9 rings (SSSR count). The zero-order valence-corrected chi connectivity index (χ0v) is 21.6. The van der Waals surface area contributed by atoms with Gasteiger partial charge in [-0.3, -0.25) is 0 Å². The third-order valence-electron chi connectivity index (χ3n) is 8.38. The minimum atomic E-state index is 0.894. The Balaban J connectivity index is 1.42. The van der Waals surface area contributed by atoms with Crippen LogP contribution in [0, 0.1) is 0 Å². The SMILES string of the molecule is c1ccc(-c2ccc3c(c2)c2ccccc2n3-c2ccc3oc4cccc5cccc(c6cccc2c36)c54)cc1. The Morgan fingerprint density at radius 3 is 1.98 bits per heavy atom. The number of fused-ring (bicyclic) bond motifs is 4. The Kier molecular flexibility index (Phi) is 4.36. The van der Waals surface area contributed by atoms with Crippen LogP contribution in [0.1, 0.15) is 0 Å². The molecule has 0 saturated heterocycles. The summed E-state index contributed by atoms with van der Waals surface area (Å²) >= 11 is 0. The third-order valence-corrected chi connectivity index (χ3v) is 8.38. The lowest BCUT2D eigenvalue weighted by atomic mass is 9.99. The molecule has 9 aromatic rings. The van der Waals surface area contributed by atoms with Crippen molar-refractivity contribution < 1.29 is 4.42 Å². The van der Waals surface area contributed by atoms with E-state index in [1.165, 1.54) is 59.9 Å². The summed E-state index contributed by atoms with van der Waals surface area (Å²) in [5, 5.41) is 9.60. The molecular formula is C38H23NO. The second-order valence-corrected chi connectivity index (χ2v) is 10.5. The van der Waals surface area contributed by atoms with Crippen molar-refractivity contribution >= 4 is 65.3 Å². The maximum Gasteiger partial charge on any atom is 0.136 e. The van der Waals surface area contributed by atoms with Gasteiger partial charge in [0.25, 0.3) is 0 Å². The van der Waals surface area contributed by atoms with Crippen LogP contribution in [0.15, 0.2) is 144 Å². The van der Waals surface area contributed by atoms with Crippen molar-refractivity contribution in [1.29, 1.82) is 0 Å². The van der Waals surface area contributed by atoms with Gasteiger partial charge in [-0.1, -0.05) is 103 Å². The Hall–Kier alpha value is -5.34. The fourth-order valence-electron chi connectivity index (χ4n) is 6.64. The summed E-state index contributed by atoms with van der Waals surface area (Å²) in [5.41, 5.74) is 7.80. The van der Waals surface area contributed by atoms with Crippen LogP contribution in [0.2, 0.25) is 0 Å². The van der Waals surface area contributed by atoms with E-state index in [1.54, 1.807) is 0 Å². The molecule has 0 amide bonds. The van der Waals surface area contributed by atoms with Crippen LogP contribution in [-0.2, 0) is 0 Å². The second-order valence-electron chi connectivity index (χ2n) is 10.5. The van der Waals surface area contributed by atoms with Crippen molar-refractivity contribution in [3.63, 3.8) is 0 Å². The maximum atomic E-state index is 6.65. The number of hydrogen-bond acceptors (Lipinski definition) is 1. The zero-order chi connectivity index (χ0) is 26.2. The summed E-state index contributed by atoms with van der Waals surface area (Å²) in [5.74, 6) is 0. The molecule has 2 heteroatoms. The summed E-state index contributed by atoms with van der Waals surface area (Å²) < 4.78 is 9.07. The summed E-state index contributed by atoms with van der Waals surface area (Å²) in [4.78, 5) is 0. The molecule has 0 fully saturated rings. The molecule has 0 N–H and O–H groups in total. The molecule has 0 radical (unpaired) electrons. The number of benzene rings is 7. The molecule has 2 nitrogen and oxygen atoms in total. The average molecular weight is 510 g/mol. The molecule has 2 heterocycles. The first-order valence-corrected chi connectivity index (χ1v) is 13.7. The first kappa shape index (κ1) is 21.6. The molecule has 7 aromatic carbocycles. The van der Waals surface area contributed by atoms with E-state index in [2.05, 4.69) is 144 Å². The summed E-state index contributed by atoms with van der Waals surface area (Å²) in [6, 6.07) is 50.0. The number of nitrogens with zero attached hydrogens (tertiary/aromatic N) is 1. The van der Waals surface area contributed by atoms with E-state index in [0.717, 1.165) is 22.2 Å². The van der Waals surface area contributed by atoms with Gasteiger partial charge >= 0.3 is 0 Å². The lowest BCUT2D eigenvalue weighted by Gasteiger charge is -2.13. The molecule has 0 aliphatic heterocycles. The Morgan fingerprint density at radius 2 is 1.07 bits per heavy atom. The number of rotatable bonds is 2. The van der Waals surface area contributed by atoms with Crippen LogP contribution in [0.25, 0.3) is 82.1 Å². The highest BCUT2D eigenvalue weighted by Gasteiger charge is 2.18. The van der Waals surface area contributed by atoms with Gasteiger partial charge in [-0.2, -0.15) is 0 Å². The van der Waals surface area contributed by atoms with Crippen molar-refractivity contribution in [1.82, 2.24) is 4.57 Å². The number of aromatic nitrogens is 1. The van der Waals surface area contributed by atoms with Gasteiger partial charge in [-0.15, -0.1) is 0 Å². The molecule has 0 unspecified atom stereocenters. The maximum absolute atomic E-state index is 6.65. The highest BCUT2D eigenvalue weighted by Crippen LogP contribution is 2.41. The van der Waals surface area contributed by atoms with Crippen LogP contribution in [-0.4, -0.2) is 4.57 Å². The molecule has 2 aromatic heterocycles. The van der Waals surface area contributed by atoms with E-state index >= 15 is 0 Å². The monoisotopic (exact) mass is 509 g/mol. The molecule has 0 spiro atoms. The van der Waals surface area contributed by atoms with Crippen molar-refractivity contribution in [3.05, 3.63) is 140 Å². The second kappa shape index (κ2) is 8.08. The summed E-state index contributed by atoms with van der Waals surface area (Å²) in [7, 11) is 0. The van der Waals surface area contributed by atoms with Crippen molar-refractivity contribution in [2.24, 2.45) is 0 Å². The quantitative estimate of drug-likeness (QED) is 0.227. The standard InChI is InChI=1S/C38H23NO/c1-2-9-24(10-3-1)26-19-20-34-31(23-26)27-13-4-5-17-32(27)39(34)33-21-22-36-38-29(15-8-16-30(33)38)28-14-6-11-25-12-7-18-35(40-36)37(25)28/h1-23H. The van der Waals surface area contributed by atoms with Gasteiger partial charge in [0.15, 0.2) is 0 Å². The van der Waals surface area contributed by atoms with E-state index in [0.29, 0.717) is 0 Å². The highest BCUT2D eigenvalue weighted by molar-refractivity contribution is 6.24. The topological polar surface area (TPSA) is 18.1 Å². The van der Waals surface area contributed by atoms with Gasteiger partial charge in [0.2, 0.25) is 0 Å². The smallest absolute Gasteiger partial charge is 0.136 e. The summed E-state index contributed by atoms with van der Waals surface area (Å²) in [6.45, 7) is 0. The molecule has 40 heavy (non-hydrogen) atoms. The zero-order valence-electron chi connectivity index (χ0n) is 21.6. The average Bonchev–Trinajstić information content (AvgIpc) is 3.27. The molecule has 186 valence electrons. The first-order chi connectivity index (χ1) is 19.8. The fraction of sp³-hybridized carbons (Fsp3) is 0. The third kappa shape index (κ3) is 2.93. The van der Waals surface area contributed by atoms with E-state index in [1.807, 2.05) is 0 Å². The number of para-hydroxylation sites is 1. The predicted molar refractivity (Wildman–Crippen MR) is 169 cm³/mol. The van der Waals surface area contributed by atoms with E-state index in [4.69, 9.17) is 4.42 Å². The molecule has 0 saturated carbocycles.